The molecule has 2 atom stereocenters. The number of hydrazine groups is 1. The molecule has 2 heterocycles. The van der Waals surface area contributed by atoms with Crippen molar-refractivity contribution >= 4 is 29.4 Å². The first-order valence-corrected chi connectivity index (χ1v) is 14.6. The number of benzene rings is 3. The number of piperazine rings is 1. The number of fused-ring (bicyclic) bond motifs is 1. The Morgan fingerprint density at radius 2 is 1.80 bits per heavy atom. The molecular formula is C32H35ClN6O5. The summed E-state index contributed by atoms with van der Waals surface area (Å²) in [5, 5.41) is 6.62. The highest BCUT2D eigenvalue weighted by Crippen LogP contribution is 2.31. The van der Waals surface area contributed by atoms with Gasteiger partial charge >= 0.3 is 6.03 Å². The van der Waals surface area contributed by atoms with Crippen LogP contribution >= 0.6 is 11.6 Å². The molecule has 5 rings (SSSR count). The van der Waals surface area contributed by atoms with Crippen molar-refractivity contribution in [2.75, 3.05) is 26.7 Å². The lowest BCUT2D eigenvalue weighted by Crippen LogP contribution is -2.76. The monoisotopic (exact) mass is 618 g/mol. The molecule has 230 valence electrons. The molecule has 4 amide bonds. The van der Waals surface area contributed by atoms with E-state index in [4.69, 9.17) is 27.1 Å². The second-order valence-corrected chi connectivity index (χ2v) is 11.0. The highest BCUT2D eigenvalue weighted by atomic mass is 35.5. The number of hydrogen-bond acceptors (Lipinski definition) is 7. The minimum absolute atomic E-state index is 0.0842. The van der Waals surface area contributed by atoms with Crippen molar-refractivity contribution in [3.05, 3.63) is 107 Å². The minimum atomic E-state index is -0.866. The van der Waals surface area contributed by atoms with Crippen LogP contribution in [-0.2, 0) is 29.1 Å². The second kappa shape index (κ2) is 13.8. The average molecular weight is 619 g/mol. The summed E-state index contributed by atoms with van der Waals surface area (Å²) in [5.41, 5.74) is 2.52. The van der Waals surface area contributed by atoms with E-state index < -0.39 is 12.2 Å². The molecule has 0 bridgehead atoms. The van der Waals surface area contributed by atoms with Crippen LogP contribution in [-0.4, -0.2) is 76.6 Å². The predicted octanol–water partition coefficient (Wildman–Crippen LogP) is 3.34. The Morgan fingerprint density at radius 1 is 1.07 bits per heavy atom. The van der Waals surface area contributed by atoms with Crippen molar-refractivity contribution in [3.63, 3.8) is 0 Å². The van der Waals surface area contributed by atoms with Crippen LogP contribution in [0.4, 0.5) is 4.79 Å². The van der Waals surface area contributed by atoms with Crippen LogP contribution < -0.4 is 20.8 Å². The summed E-state index contributed by atoms with van der Waals surface area (Å²) in [6.07, 6.45) is 1.10. The van der Waals surface area contributed by atoms with Gasteiger partial charge in [-0.05, 0) is 41.0 Å². The molecule has 3 aromatic carbocycles. The molecule has 11 nitrogen and oxygen atoms in total. The Kier molecular flexibility index (Phi) is 9.69. The lowest BCUT2D eigenvalue weighted by molar-refractivity contribution is -0.189. The smallest absolute Gasteiger partial charge is 0.334 e. The van der Waals surface area contributed by atoms with Gasteiger partial charge in [0, 0.05) is 26.1 Å². The zero-order valence-electron chi connectivity index (χ0n) is 24.4. The van der Waals surface area contributed by atoms with Gasteiger partial charge in [0.05, 0.1) is 25.2 Å². The highest BCUT2D eigenvalue weighted by Gasteiger charge is 2.51. The van der Waals surface area contributed by atoms with Gasteiger partial charge in [0.2, 0.25) is 11.8 Å². The van der Waals surface area contributed by atoms with Gasteiger partial charge in [-0.15, -0.1) is 6.58 Å². The Labute approximate surface area is 261 Å². The Balaban J connectivity index is 1.49. The van der Waals surface area contributed by atoms with E-state index >= 15 is 0 Å². The number of ether oxygens (including phenoxy) is 1. The summed E-state index contributed by atoms with van der Waals surface area (Å²) >= 11 is 6.40. The topological polar surface area (TPSA) is 121 Å². The first-order chi connectivity index (χ1) is 21.3. The number of urea groups is 1. The van der Waals surface area contributed by atoms with Crippen LogP contribution in [0.2, 0.25) is 5.02 Å². The van der Waals surface area contributed by atoms with Crippen LogP contribution in [0.25, 0.3) is 0 Å². The fourth-order valence-corrected chi connectivity index (χ4v) is 5.93. The number of carbonyl (C=O) groups excluding carboxylic acids is 3. The van der Waals surface area contributed by atoms with Gasteiger partial charge in [-0.2, -0.15) is 5.90 Å². The molecule has 2 fully saturated rings. The molecule has 0 saturated carbocycles. The van der Waals surface area contributed by atoms with E-state index in [2.05, 4.69) is 11.9 Å². The third-order valence-electron chi connectivity index (χ3n) is 7.74. The van der Waals surface area contributed by atoms with Crippen molar-refractivity contribution in [3.8, 4) is 11.5 Å². The molecular weight excluding hydrogens is 584 g/mol. The molecule has 2 aliphatic heterocycles. The van der Waals surface area contributed by atoms with E-state index in [0.29, 0.717) is 23.1 Å². The van der Waals surface area contributed by atoms with Gasteiger partial charge in [-0.25, -0.2) is 14.8 Å². The second-order valence-electron chi connectivity index (χ2n) is 10.6. The van der Waals surface area contributed by atoms with Crippen LogP contribution in [0.3, 0.4) is 0 Å². The highest BCUT2D eigenvalue weighted by molar-refractivity contribution is 6.32. The zero-order valence-corrected chi connectivity index (χ0v) is 25.2. The van der Waals surface area contributed by atoms with E-state index in [0.717, 1.165) is 16.7 Å². The summed E-state index contributed by atoms with van der Waals surface area (Å²) in [6, 6.07) is 20.6. The standard InChI is InChI=1S/C32H35ClN6O5/c1-3-15-37-21-30(40)38-27(17-22-9-12-25(44-34)13-10-22)31(41)36(19-24-11-14-28(43-2)26(33)16-24)20-29(38)39(37)32(42)35-18-23-7-5-4-6-8-23/h3-14,16,27,29H,1,15,17-21,34H2,2H3,(H,35,42)/t27-,29-/m0/s1. The predicted molar refractivity (Wildman–Crippen MR) is 165 cm³/mol. The maximum Gasteiger partial charge on any atom is 0.334 e. The molecule has 0 aromatic heterocycles. The third-order valence-corrected chi connectivity index (χ3v) is 8.04. The van der Waals surface area contributed by atoms with Gasteiger partial charge in [-0.1, -0.05) is 66.2 Å². The molecule has 44 heavy (non-hydrogen) atoms. The Bertz CT molecular complexity index is 1500. The van der Waals surface area contributed by atoms with Crippen molar-refractivity contribution < 1.29 is 24.0 Å². The van der Waals surface area contributed by atoms with Gasteiger partial charge in [0.15, 0.2) is 0 Å². The normalized spacial score (nSPS) is 18.6. The first-order valence-electron chi connectivity index (χ1n) is 14.2. The molecule has 12 heteroatoms. The van der Waals surface area contributed by atoms with Crippen LogP contribution in [0.1, 0.15) is 16.7 Å². The number of amides is 4. The van der Waals surface area contributed by atoms with Gasteiger partial charge in [0.25, 0.3) is 0 Å². The van der Waals surface area contributed by atoms with Crippen molar-refractivity contribution in [1.82, 2.24) is 25.1 Å². The average Bonchev–Trinajstić information content (AvgIpc) is 3.03. The molecule has 0 aliphatic carbocycles. The molecule has 0 spiro atoms. The quantitative estimate of drug-likeness (QED) is 0.264. The number of methoxy groups -OCH3 is 1. The lowest BCUT2D eigenvalue weighted by Gasteiger charge is -2.55. The molecule has 2 aliphatic rings. The summed E-state index contributed by atoms with van der Waals surface area (Å²) in [5.74, 6) is 5.79. The number of rotatable bonds is 10. The Hall–Kier alpha value is -4.58. The Morgan fingerprint density at radius 3 is 2.45 bits per heavy atom. The molecule has 3 N–H and O–H groups in total. The van der Waals surface area contributed by atoms with Crippen LogP contribution in [0, 0.1) is 0 Å². The summed E-state index contributed by atoms with van der Waals surface area (Å²) < 4.78 is 5.29. The molecule has 2 saturated heterocycles. The maximum atomic E-state index is 14.1. The van der Waals surface area contributed by atoms with Gasteiger partial charge in [0.1, 0.15) is 23.7 Å². The van der Waals surface area contributed by atoms with Crippen molar-refractivity contribution in [2.45, 2.75) is 31.7 Å². The number of nitrogens with two attached hydrogens (primary N) is 1. The van der Waals surface area contributed by atoms with Gasteiger partial charge in [-0.3, -0.25) is 9.59 Å². The van der Waals surface area contributed by atoms with E-state index in [-0.39, 0.29) is 50.4 Å². The van der Waals surface area contributed by atoms with Crippen LogP contribution in [0.15, 0.2) is 85.5 Å². The fraction of sp³-hybridized carbons (Fsp3) is 0.281. The van der Waals surface area contributed by atoms with Crippen molar-refractivity contribution in [1.29, 1.82) is 0 Å². The zero-order chi connectivity index (χ0) is 31.2. The largest absolute Gasteiger partial charge is 0.495 e. The first kappa shape index (κ1) is 30.9. The van der Waals surface area contributed by atoms with Gasteiger partial charge < -0.3 is 24.7 Å². The minimum Gasteiger partial charge on any atom is -0.495 e. The van der Waals surface area contributed by atoms with E-state index in [1.165, 1.54) is 7.11 Å². The summed E-state index contributed by atoms with van der Waals surface area (Å²) in [7, 11) is 1.53. The SMILES string of the molecule is C=CCN1CC(=O)N2[C@@H](Cc3ccc(ON)cc3)C(=O)N(Cc3ccc(OC)c(Cl)c3)C[C@@H]2N1C(=O)NCc1ccccc1. The maximum absolute atomic E-state index is 14.1. The van der Waals surface area contributed by atoms with E-state index in [1.807, 2.05) is 36.4 Å². The summed E-state index contributed by atoms with van der Waals surface area (Å²) in [6.45, 7) is 4.62. The molecule has 0 unspecified atom stereocenters. The third kappa shape index (κ3) is 6.65. The molecule has 3 aromatic rings. The number of halogens is 1. The molecule has 0 radical (unpaired) electrons. The van der Waals surface area contributed by atoms with E-state index in [1.54, 1.807) is 62.3 Å². The van der Waals surface area contributed by atoms with E-state index in [9.17, 15) is 14.4 Å². The lowest BCUT2D eigenvalue weighted by atomic mass is 9.98. The summed E-state index contributed by atoms with van der Waals surface area (Å²) in [4.78, 5) is 49.8. The number of nitrogens with one attached hydrogen (secondary N) is 1. The van der Waals surface area contributed by atoms with Crippen molar-refractivity contribution in [2.24, 2.45) is 5.90 Å². The number of nitrogens with zero attached hydrogens (tertiary/aromatic N) is 4. The number of hydrogen-bond donors (Lipinski definition) is 2. The fourth-order valence-electron chi connectivity index (χ4n) is 5.65. The van der Waals surface area contributed by atoms with Crippen LogP contribution in [0.5, 0.6) is 11.5 Å². The number of carbonyl (C=O) groups is 3.